The third-order valence-corrected chi connectivity index (χ3v) is 8.11. The predicted octanol–water partition coefficient (Wildman–Crippen LogP) is 5.78. The van der Waals surface area contributed by atoms with E-state index >= 15 is 0 Å². The molecule has 5 rings (SSSR count). The first kappa shape index (κ1) is 25.1. The van der Waals surface area contributed by atoms with Gasteiger partial charge in [0, 0.05) is 35.8 Å². The van der Waals surface area contributed by atoms with E-state index in [1.54, 1.807) is 49.4 Å². The number of pyridine rings is 1. The Morgan fingerprint density at radius 3 is 2.43 bits per heavy atom. The number of nitrogens with zero attached hydrogens (tertiary/aromatic N) is 2. The van der Waals surface area contributed by atoms with Gasteiger partial charge in [0.05, 0.1) is 16.3 Å². The minimum Gasteiger partial charge on any atom is -0.435 e. The zero-order valence-corrected chi connectivity index (χ0v) is 21.4. The SMILES string of the molecule is CC(=O)CC1(C)C[C@H](c2ccccc2OC(F)F)c2c1nc1ccc(-c3ccc(S(C)(=O)=O)cc3)cn21. The smallest absolute Gasteiger partial charge is 0.387 e. The number of ketones is 1. The van der Waals surface area contributed by atoms with Crippen molar-refractivity contribution < 1.29 is 26.7 Å². The molecule has 0 saturated heterocycles. The van der Waals surface area contributed by atoms with E-state index in [4.69, 9.17) is 9.72 Å². The number of sulfone groups is 1. The van der Waals surface area contributed by atoms with Gasteiger partial charge in [0.25, 0.3) is 0 Å². The van der Waals surface area contributed by atoms with Crippen molar-refractivity contribution in [3.63, 3.8) is 0 Å². The molecule has 37 heavy (non-hydrogen) atoms. The van der Waals surface area contributed by atoms with Crippen LogP contribution < -0.4 is 4.74 Å². The third kappa shape index (κ3) is 4.64. The molecule has 0 fully saturated rings. The molecule has 2 aromatic heterocycles. The zero-order chi connectivity index (χ0) is 26.5. The number of carbonyl (C=O) groups is 1. The molecular formula is C28H26F2N2O4S. The Balaban J connectivity index is 1.68. The molecule has 0 radical (unpaired) electrons. The molecule has 0 N–H and O–H groups in total. The minimum absolute atomic E-state index is 0.0231. The highest BCUT2D eigenvalue weighted by Crippen LogP contribution is 2.52. The maximum Gasteiger partial charge on any atom is 0.387 e. The van der Waals surface area contributed by atoms with Gasteiger partial charge in [0.1, 0.15) is 17.2 Å². The van der Waals surface area contributed by atoms with Gasteiger partial charge in [0.15, 0.2) is 9.84 Å². The van der Waals surface area contributed by atoms with Crippen LogP contribution in [-0.4, -0.2) is 36.5 Å². The van der Waals surface area contributed by atoms with Crippen LogP contribution in [0.3, 0.4) is 0 Å². The number of para-hydroxylation sites is 1. The van der Waals surface area contributed by atoms with Crippen molar-refractivity contribution in [3.8, 4) is 16.9 Å². The second-order valence-corrected chi connectivity index (χ2v) is 11.9. The fourth-order valence-corrected chi connectivity index (χ4v) is 6.11. The second kappa shape index (κ2) is 9.06. The van der Waals surface area contributed by atoms with E-state index in [9.17, 15) is 22.0 Å². The highest BCUT2D eigenvalue weighted by Gasteiger charge is 2.46. The Kier molecular flexibility index (Phi) is 6.14. The molecule has 1 unspecified atom stereocenters. The largest absolute Gasteiger partial charge is 0.435 e. The quantitative estimate of drug-likeness (QED) is 0.306. The van der Waals surface area contributed by atoms with E-state index in [1.807, 2.05) is 29.7 Å². The van der Waals surface area contributed by atoms with E-state index < -0.39 is 21.9 Å². The summed E-state index contributed by atoms with van der Waals surface area (Å²) in [7, 11) is -3.32. The van der Waals surface area contributed by atoms with Crippen LogP contribution in [0.5, 0.6) is 5.75 Å². The summed E-state index contributed by atoms with van der Waals surface area (Å²) < 4.78 is 57.0. The molecule has 2 atom stereocenters. The van der Waals surface area contributed by atoms with E-state index in [-0.39, 0.29) is 28.8 Å². The maximum absolute atomic E-state index is 13.2. The molecule has 9 heteroatoms. The van der Waals surface area contributed by atoms with Gasteiger partial charge >= 0.3 is 6.61 Å². The molecule has 192 valence electrons. The van der Waals surface area contributed by atoms with Crippen LogP contribution in [-0.2, 0) is 20.0 Å². The summed E-state index contributed by atoms with van der Waals surface area (Å²) in [5.41, 5.74) is 3.97. The molecule has 0 bridgehead atoms. The van der Waals surface area contributed by atoms with Gasteiger partial charge in [0.2, 0.25) is 0 Å². The van der Waals surface area contributed by atoms with Crippen LogP contribution in [0.15, 0.2) is 71.8 Å². The minimum atomic E-state index is -3.32. The summed E-state index contributed by atoms with van der Waals surface area (Å²) in [6.07, 6.45) is 3.87. The second-order valence-electron chi connectivity index (χ2n) is 9.90. The number of fused-ring (bicyclic) bond motifs is 3. The lowest BCUT2D eigenvalue weighted by Crippen LogP contribution is -2.23. The summed E-state index contributed by atoms with van der Waals surface area (Å²) in [6.45, 7) is 0.565. The molecule has 0 amide bonds. The fraction of sp³-hybridized carbons (Fsp3) is 0.286. The lowest BCUT2D eigenvalue weighted by Gasteiger charge is -2.24. The van der Waals surface area contributed by atoms with Gasteiger partial charge in [-0.05, 0) is 54.8 Å². The normalized spacial score (nSPS) is 19.4. The number of imidazole rings is 1. The first-order valence-electron chi connectivity index (χ1n) is 11.8. The number of Topliss-reactive ketones (excluding diaryl/α,β-unsaturated/α-hetero) is 1. The molecule has 0 saturated carbocycles. The number of benzene rings is 2. The van der Waals surface area contributed by atoms with Crippen molar-refractivity contribution in [1.29, 1.82) is 0 Å². The first-order chi connectivity index (χ1) is 17.5. The van der Waals surface area contributed by atoms with Gasteiger partial charge in [-0.15, -0.1) is 0 Å². The number of carbonyl (C=O) groups excluding carboxylic acids is 1. The molecule has 2 heterocycles. The van der Waals surface area contributed by atoms with Crippen LogP contribution in [0.1, 0.15) is 49.6 Å². The van der Waals surface area contributed by atoms with E-state index in [0.717, 1.165) is 28.8 Å². The Hall–Kier alpha value is -3.59. The van der Waals surface area contributed by atoms with Crippen LogP contribution in [0, 0.1) is 0 Å². The topological polar surface area (TPSA) is 77.7 Å². The van der Waals surface area contributed by atoms with Crippen molar-refractivity contribution in [2.75, 3.05) is 6.26 Å². The fourth-order valence-electron chi connectivity index (χ4n) is 5.48. The molecular weight excluding hydrogens is 498 g/mol. The van der Waals surface area contributed by atoms with Crippen LogP contribution in [0.25, 0.3) is 16.8 Å². The number of rotatable bonds is 7. The standard InChI is InChI=1S/C28H26F2N2O4S/c1-17(33)14-28(2)15-22(21-6-4-5-7-23(21)36-27(29)30)25-26(28)31-24-13-10-19(16-32(24)25)18-8-11-20(12-9-18)37(3,34)35/h4-13,16,22,27H,14-15H2,1-3H3/t22-,28?/m1/s1. The molecule has 0 aliphatic heterocycles. The highest BCUT2D eigenvalue weighted by atomic mass is 32.2. The third-order valence-electron chi connectivity index (χ3n) is 6.98. The number of aromatic nitrogens is 2. The van der Waals surface area contributed by atoms with Crippen LogP contribution in [0.2, 0.25) is 0 Å². The lowest BCUT2D eigenvalue weighted by atomic mass is 9.80. The first-order valence-corrected chi connectivity index (χ1v) is 13.7. The van der Waals surface area contributed by atoms with Crippen molar-refractivity contribution in [3.05, 3.63) is 83.8 Å². The Morgan fingerprint density at radius 2 is 1.78 bits per heavy atom. The average Bonchev–Trinajstić information content (AvgIpc) is 3.33. The van der Waals surface area contributed by atoms with E-state index in [1.165, 1.54) is 6.07 Å². The summed E-state index contributed by atoms with van der Waals surface area (Å²) in [4.78, 5) is 17.3. The summed E-state index contributed by atoms with van der Waals surface area (Å²) >= 11 is 0. The number of alkyl halides is 2. The molecule has 0 spiro atoms. The van der Waals surface area contributed by atoms with Gasteiger partial charge in [-0.3, -0.25) is 4.79 Å². The Bertz CT molecular complexity index is 1610. The predicted molar refractivity (Wildman–Crippen MR) is 136 cm³/mol. The van der Waals surface area contributed by atoms with Gasteiger partial charge in [-0.1, -0.05) is 37.3 Å². The number of halogens is 2. The molecule has 2 aromatic carbocycles. The van der Waals surface area contributed by atoms with Gasteiger partial charge < -0.3 is 9.14 Å². The number of hydrogen-bond donors (Lipinski definition) is 0. The van der Waals surface area contributed by atoms with E-state index in [2.05, 4.69) is 0 Å². The highest BCUT2D eigenvalue weighted by molar-refractivity contribution is 7.90. The zero-order valence-electron chi connectivity index (χ0n) is 20.6. The van der Waals surface area contributed by atoms with Crippen molar-refractivity contribution in [2.24, 2.45) is 0 Å². The number of hydrogen-bond acceptors (Lipinski definition) is 5. The molecule has 6 nitrogen and oxygen atoms in total. The van der Waals surface area contributed by atoms with Gasteiger partial charge in [-0.2, -0.15) is 8.78 Å². The average molecular weight is 525 g/mol. The molecule has 4 aromatic rings. The van der Waals surface area contributed by atoms with Crippen LogP contribution >= 0.6 is 0 Å². The summed E-state index contributed by atoms with van der Waals surface area (Å²) in [6, 6.07) is 17.1. The van der Waals surface area contributed by atoms with Crippen molar-refractivity contribution >= 4 is 21.3 Å². The summed E-state index contributed by atoms with van der Waals surface area (Å²) in [5, 5.41) is 0. The maximum atomic E-state index is 13.2. The monoisotopic (exact) mass is 524 g/mol. The van der Waals surface area contributed by atoms with Crippen molar-refractivity contribution in [2.45, 2.75) is 49.5 Å². The molecule has 1 aliphatic carbocycles. The van der Waals surface area contributed by atoms with E-state index in [0.29, 0.717) is 17.6 Å². The number of ether oxygens (including phenoxy) is 1. The summed E-state index contributed by atoms with van der Waals surface area (Å²) in [5.74, 6) is -0.204. The molecule has 1 aliphatic rings. The van der Waals surface area contributed by atoms with Crippen LogP contribution in [0.4, 0.5) is 8.78 Å². The Labute approximate surface area is 213 Å². The lowest BCUT2D eigenvalue weighted by molar-refractivity contribution is -0.118. The Morgan fingerprint density at radius 1 is 1.11 bits per heavy atom. The van der Waals surface area contributed by atoms with Gasteiger partial charge in [-0.25, -0.2) is 13.4 Å². The van der Waals surface area contributed by atoms with Crippen molar-refractivity contribution in [1.82, 2.24) is 9.38 Å².